The minimum absolute atomic E-state index is 0.0613. The molecule has 25 heavy (non-hydrogen) atoms. The number of sulfone groups is 1. The Labute approximate surface area is 147 Å². The molecule has 0 aliphatic carbocycles. The molecule has 6 nitrogen and oxygen atoms in total. The Hall–Kier alpha value is -2.15. The summed E-state index contributed by atoms with van der Waals surface area (Å²) < 4.78 is 28.8. The molecule has 1 atom stereocenters. The van der Waals surface area contributed by atoms with Gasteiger partial charge in [-0.2, -0.15) is 0 Å². The van der Waals surface area contributed by atoms with Gasteiger partial charge in [-0.15, -0.1) is 0 Å². The van der Waals surface area contributed by atoms with Gasteiger partial charge in [0.1, 0.15) is 0 Å². The second kappa shape index (κ2) is 7.00. The van der Waals surface area contributed by atoms with E-state index in [2.05, 4.69) is 4.98 Å². The summed E-state index contributed by atoms with van der Waals surface area (Å²) in [6.07, 6.45) is 2.83. The van der Waals surface area contributed by atoms with E-state index in [9.17, 15) is 13.2 Å². The lowest BCUT2D eigenvalue weighted by molar-refractivity contribution is -0.131. The zero-order valence-corrected chi connectivity index (χ0v) is 15.3. The van der Waals surface area contributed by atoms with Gasteiger partial charge < -0.3 is 9.32 Å². The van der Waals surface area contributed by atoms with Crippen LogP contribution in [0.25, 0.3) is 11.3 Å². The summed E-state index contributed by atoms with van der Waals surface area (Å²) >= 11 is 0. The van der Waals surface area contributed by atoms with E-state index in [1.807, 2.05) is 31.2 Å². The summed E-state index contributed by atoms with van der Waals surface area (Å²) in [6, 6.07) is 7.74. The number of oxazole rings is 1. The summed E-state index contributed by atoms with van der Waals surface area (Å²) in [5.41, 5.74) is 2.12. The number of hydrogen-bond donors (Lipinski definition) is 0. The topological polar surface area (TPSA) is 80.5 Å². The van der Waals surface area contributed by atoms with Crippen molar-refractivity contribution in [1.82, 2.24) is 9.88 Å². The minimum atomic E-state index is -3.00. The smallest absolute Gasteiger partial charge is 0.223 e. The lowest BCUT2D eigenvalue weighted by Gasteiger charge is -2.23. The van der Waals surface area contributed by atoms with Crippen LogP contribution in [-0.4, -0.2) is 48.8 Å². The third-order valence-corrected chi connectivity index (χ3v) is 6.34. The standard InChI is InChI=1S/C18H22N2O4S/c1-13-3-5-14(6-4-13)16-11-19-17(24-16)7-8-18(21)20(2)15-9-10-25(22,23)12-15/h3-6,11,15H,7-10,12H2,1-2H3. The maximum Gasteiger partial charge on any atom is 0.223 e. The molecule has 1 saturated heterocycles. The molecule has 1 unspecified atom stereocenters. The van der Waals surface area contributed by atoms with Crippen molar-refractivity contribution < 1.29 is 17.6 Å². The maximum atomic E-state index is 12.3. The number of carbonyl (C=O) groups excluding carboxylic acids is 1. The van der Waals surface area contributed by atoms with Gasteiger partial charge in [0.15, 0.2) is 21.5 Å². The zero-order chi connectivity index (χ0) is 18.0. The summed E-state index contributed by atoms with van der Waals surface area (Å²) in [6.45, 7) is 2.02. The van der Waals surface area contributed by atoms with Gasteiger partial charge in [0.25, 0.3) is 0 Å². The number of hydrogen-bond acceptors (Lipinski definition) is 5. The van der Waals surface area contributed by atoms with Crippen molar-refractivity contribution in [2.45, 2.75) is 32.2 Å². The van der Waals surface area contributed by atoms with Crippen LogP contribution in [0.2, 0.25) is 0 Å². The van der Waals surface area contributed by atoms with Gasteiger partial charge in [0.05, 0.1) is 17.7 Å². The first kappa shape index (κ1) is 17.7. The first-order valence-electron chi connectivity index (χ1n) is 8.32. The maximum absolute atomic E-state index is 12.3. The van der Waals surface area contributed by atoms with Crippen LogP contribution in [-0.2, 0) is 21.1 Å². The molecule has 3 rings (SSSR count). The van der Waals surface area contributed by atoms with E-state index in [0.717, 1.165) is 5.56 Å². The van der Waals surface area contributed by atoms with Gasteiger partial charge in [-0.25, -0.2) is 13.4 Å². The predicted molar refractivity (Wildman–Crippen MR) is 94.8 cm³/mol. The Bertz CT molecular complexity index is 855. The van der Waals surface area contributed by atoms with Gasteiger partial charge in [-0.05, 0) is 13.3 Å². The molecular formula is C18H22N2O4S. The van der Waals surface area contributed by atoms with E-state index in [4.69, 9.17) is 4.42 Å². The molecule has 2 aromatic rings. The van der Waals surface area contributed by atoms with Crippen molar-refractivity contribution in [3.8, 4) is 11.3 Å². The molecule has 2 heterocycles. The fourth-order valence-corrected chi connectivity index (χ4v) is 4.73. The fraction of sp³-hybridized carbons (Fsp3) is 0.444. The molecule has 0 bridgehead atoms. The monoisotopic (exact) mass is 362 g/mol. The third kappa shape index (κ3) is 4.28. The van der Waals surface area contributed by atoms with Crippen LogP contribution in [0.5, 0.6) is 0 Å². The van der Waals surface area contributed by atoms with Gasteiger partial charge >= 0.3 is 0 Å². The van der Waals surface area contributed by atoms with Crippen molar-refractivity contribution in [2.75, 3.05) is 18.6 Å². The fourth-order valence-electron chi connectivity index (χ4n) is 2.95. The molecule has 0 spiro atoms. The van der Waals surface area contributed by atoms with Crippen molar-refractivity contribution in [2.24, 2.45) is 0 Å². The minimum Gasteiger partial charge on any atom is -0.441 e. The van der Waals surface area contributed by atoms with Gasteiger partial charge in [-0.1, -0.05) is 29.8 Å². The Morgan fingerprint density at radius 2 is 2.04 bits per heavy atom. The summed E-state index contributed by atoms with van der Waals surface area (Å²) in [7, 11) is -1.33. The quantitative estimate of drug-likeness (QED) is 0.815. The highest BCUT2D eigenvalue weighted by Crippen LogP contribution is 2.22. The molecule has 1 aromatic heterocycles. The van der Waals surface area contributed by atoms with E-state index in [1.54, 1.807) is 18.1 Å². The number of aryl methyl sites for hydroxylation is 2. The molecule has 7 heteroatoms. The van der Waals surface area contributed by atoms with Crippen molar-refractivity contribution in [3.63, 3.8) is 0 Å². The number of carbonyl (C=O) groups is 1. The zero-order valence-electron chi connectivity index (χ0n) is 14.4. The van der Waals surface area contributed by atoms with Crippen LogP contribution >= 0.6 is 0 Å². The number of benzene rings is 1. The van der Waals surface area contributed by atoms with Crippen LogP contribution in [0.3, 0.4) is 0 Å². The molecule has 1 fully saturated rings. The number of aromatic nitrogens is 1. The highest BCUT2D eigenvalue weighted by molar-refractivity contribution is 7.91. The first-order valence-corrected chi connectivity index (χ1v) is 10.1. The average Bonchev–Trinajstić information content (AvgIpc) is 3.19. The SMILES string of the molecule is Cc1ccc(-c2cnc(CCC(=O)N(C)C3CCS(=O)(=O)C3)o2)cc1. The van der Waals surface area contributed by atoms with Crippen molar-refractivity contribution >= 4 is 15.7 Å². The Balaban J connectivity index is 1.57. The lowest BCUT2D eigenvalue weighted by Crippen LogP contribution is -2.37. The molecule has 1 aliphatic rings. The predicted octanol–water partition coefficient (Wildman–Crippen LogP) is 2.23. The molecule has 1 aliphatic heterocycles. The van der Waals surface area contributed by atoms with Crippen LogP contribution < -0.4 is 0 Å². The van der Waals surface area contributed by atoms with Crippen LogP contribution in [0.1, 0.15) is 24.3 Å². The van der Waals surface area contributed by atoms with E-state index >= 15 is 0 Å². The normalized spacial score (nSPS) is 19.0. The number of amides is 1. The molecule has 1 aromatic carbocycles. The molecule has 0 saturated carbocycles. The third-order valence-electron chi connectivity index (χ3n) is 4.59. The van der Waals surface area contributed by atoms with Crippen LogP contribution in [0.15, 0.2) is 34.9 Å². The second-order valence-electron chi connectivity index (χ2n) is 6.55. The van der Waals surface area contributed by atoms with Gasteiger partial charge in [-0.3, -0.25) is 4.79 Å². The molecule has 0 N–H and O–H groups in total. The van der Waals surface area contributed by atoms with Gasteiger partial charge in [0.2, 0.25) is 5.91 Å². The number of rotatable bonds is 5. The highest BCUT2D eigenvalue weighted by Gasteiger charge is 2.32. The summed E-state index contributed by atoms with van der Waals surface area (Å²) in [5.74, 6) is 1.33. The lowest BCUT2D eigenvalue weighted by atomic mass is 10.1. The van der Waals surface area contributed by atoms with E-state index < -0.39 is 9.84 Å². The largest absolute Gasteiger partial charge is 0.441 e. The van der Waals surface area contributed by atoms with Crippen molar-refractivity contribution in [3.05, 3.63) is 41.9 Å². The molecule has 134 valence electrons. The second-order valence-corrected chi connectivity index (χ2v) is 8.77. The van der Waals surface area contributed by atoms with Gasteiger partial charge in [0, 0.05) is 31.5 Å². The van der Waals surface area contributed by atoms with Crippen LogP contribution in [0.4, 0.5) is 0 Å². The Morgan fingerprint density at radius 3 is 2.68 bits per heavy atom. The highest BCUT2D eigenvalue weighted by atomic mass is 32.2. The molecular weight excluding hydrogens is 340 g/mol. The Kier molecular flexibility index (Phi) is 4.94. The summed E-state index contributed by atoms with van der Waals surface area (Å²) in [4.78, 5) is 18.1. The van der Waals surface area contributed by atoms with E-state index in [1.165, 1.54) is 5.56 Å². The van der Waals surface area contributed by atoms with Crippen molar-refractivity contribution in [1.29, 1.82) is 0 Å². The average molecular weight is 362 g/mol. The summed E-state index contributed by atoms with van der Waals surface area (Å²) in [5, 5.41) is 0. The molecule has 0 radical (unpaired) electrons. The van der Waals surface area contributed by atoms with Crippen LogP contribution in [0, 0.1) is 6.92 Å². The Morgan fingerprint density at radius 1 is 1.32 bits per heavy atom. The number of nitrogens with zero attached hydrogens (tertiary/aromatic N) is 2. The molecule has 1 amide bonds. The van der Waals surface area contributed by atoms with E-state index in [-0.39, 0.29) is 29.9 Å². The first-order chi connectivity index (χ1) is 11.8. The van der Waals surface area contributed by atoms with E-state index in [0.29, 0.717) is 24.5 Å².